The van der Waals surface area contributed by atoms with Crippen molar-refractivity contribution >= 4 is 29.2 Å². The van der Waals surface area contributed by atoms with Crippen LogP contribution in [0.3, 0.4) is 0 Å². The summed E-state index contributed by atoms with van der Waals surface area (Å²) in [5.74, 6) is -1.97. The van der Waals surface area contributed by atoms with Crippen LogP contribution in [0, 0.1) is 11.6 Å². The zero-order valence-electron chi connectivity index (χ0n) is 15.6. The molecule has 3 aromatic rings. The first-order chi connectivity index (χ1) is 13.5. The van der Waals surface area contributed by atoms with Gasteiger partial charge in [0.25, 0.3) is 5.91 Å². The summed E-state index contributed by atoms with van der Waals surface area (Å²) in [6.45, 7) is 2.52. The second-order valence-electron chi connectivity index (χ2n) is 7.00. The largest absolute Gasteiger partial charge is 0.346 e. The Balaban J connectivity index is 0.00000240. The first kappa shape index (κ1) is 21.2. The number of rotatable bonds is 4. The fraction of sp³-hybridized carbons (Fsp3) is 0.368. The molecule has 0 aliphatic carbocycles. The van der Waals surface area contributed by atoms with Gasteiger partial charge in [0.1, 0.15) is 17.8 Å². The lowest BCUT2D eigenvalue weighted by atomic mass is 10.0. The van der Waals surface area contributed by atoms with Crippen LogP contribution in [-0.2, 0) is 0 Å². The van der Waals surface area contributed by atoms with Crippen molar-refractivity contribution in [3.63, 3.8) is 0 Å². The predicted molar refractivity (Wildman–Crippen MR) is 105 cm³/mol. The number of alkyl halides is 1. The summed E-state index contributed by atoms with van der Waals surface area (Å²) in [5.41, 5.74) is 0.712. The van der Waals surface area contributed by atoms with Gasteiger partial charge in [-0.1, -0.05) is 0 Å². The third-order valence-corrected chi connectivity index (χ3v) is 5.26. The first-order valence-corrected chi connectivity index (χ1v) is 9.10. The van der Waals surface area contributed by atoms with E-state index in [9.17, 15) is 18.0 Å². The van der Waals surface area contributed by atoms with Crippen LogP contribution in [0.1, 0.15) is 35.3 Å². The van der Waals surface area contributed by atoms with Crippen molar-refractivity contribution in [2.45, 2.75) is 31.6 Å². The molecule has 1 aliphatic rings. The topological polar surface area (TPSA) is 74.7 Å². The molecule has 1 saturated heterocycles. The fourth-order valence-corrected chi connectivity index (χ4v) is 3.67. The molecule has 3 N–H and O–H groups in total. The molecule has 0 spiro atoms. The molecule has 4 rings (SSSR count). The molecule has 1 fully saturated rings. The minimum atomic E-state index is -1.24. The molecule has 1 aliphatic heterocycles. The number of aromatic amines is 1. The number of benzene rings is 1. The fourth-order valence-electron chi connectivity index (χ4n) is 3.67. The Morgan fingerprint density at radius 3 is 2.79 bits per heavy atom. The van der Waals surface area contributed by atoms with Gasteiger partial charge < -0.3 is 15.2 Å². The van der Waals surface area contributed by atoms with Crippen molar-refractivity contribution in [1.29, 1.82) is 0 Å². The van der Waals surface area contributed by atoms with Crippen LogP contribution in [-0.4, -0.2) is 46.0 Å². The molecule has 6 nitrogen and oxygen atoms in total. The summed E-state index contributed by atoms with van der Waals surface area (Å²) < 4.78 is 44.8. The van der Waals surface area contributed by atoms with Gasteiger partial charge >= 0.3 is 0 Å². The van der Waals surface area contributed by atoms with Gasteiger partial charge in [0.15, 0.2) is 0 Å². The van der Waals surface area contributed by atoms with E-state index in [4.69, 9.17) is 0 Å². The number of H-pyrrole nitrogens is 1. The number of hydrogen-bond donors (Lipinski definition) is 3. The van der Waals surface area contributed by atoms with E-state index in [0.29, 0.717) is 13.0 Å². The van der Waals surface area contributed by atoms with E-state index >= 15 is 0 Å². The lowest BCUT2D eigenvalue weighted by Gasteiger charge is -2.27. The molecule has 1 amide bonds. The number of carbonyl (C=O) groups excluding carboxylic acids is 1. The van der Waals surface area contributed by atoms with Crippen LogP contribution < -0.4 is 10.6 Å². The summed E-state index contributed by atoms with van der Waals surface area (Å²) >= 11 is 0. The Labute approximate surface area is 171 Å². The number of nitrogens with zero attached hydrogens (tertiary/aromatic N) is 2. The molecule has 0 saturated carbocycles. The summed E-state index contributed by atoms with van der Waals surface area (Å²) in [7, 11) is 0. The minimum absolute atomic E-state index is 0. The van der Waals surface area contributed by atoms with Gasteiger partial charge in [0.2, 0.25) is 0 Å². The molecular formula is C19H21ClF3N5O. The highest BCUT2D eigenvalue weighted by Crippen LogP contribution is 2.31. The van der Waals surface area contributed by atoms with Crippen LogP contribution in [0.5, 0.6) is 0 Å². The molecule has 1 aromatic carbocycles. The second kappa shape index (κ2) is 8.46. The van der Waals surface area contributed by atoms with Crippen molar-refractivity contribution in [2.24, 2.45) is 0 Å². The molecule has 3 heterocycles. The number of hydrogen-bond acceptors (Lipinski definition) is 3. The normalized spacial score (nSPS) is 20.3. The Kier molecular flexibility index (Phi) is 6.18. The third kappa shape index (κ3) is 3.84. The standard InChI is InChI=1S/C19H20F3N5O.ClH/c1-10(11-6-24-25-7-11)27-9-12(17-13(20)2-3-14(21)18(17)27)19(28)26-16-4-5-23-8-15(16)22;/h2-3,6-7,9-10,15-16,23H,4-5,8H2,1H3,(H,24,25)(H,26,28);1H. The smallest absolute Gasteiger partial charge is 0.253 e. The van der Waals surface area contributed by atoms with Gasteiger partial charge in [-0.15, -0.1) is 12.4 Å². The van der Waals surface area contributed by atoms with Crippen molar-refractivity contribution in [3.8, 4) is 0 Å². The molecular weight excluding hydrogens is 407 g/mol. The average molecular weight is 428 g/mol. The van der Waals surface area contributed by atoms with Gasteiger partial charge in [-0.25, -0.2) is 13.2 Å². The van der Waals surface area contributed by atoms with Crippen LogP contribution >= 0.6 is 12.4 Å². The highest BCUT2D eigenvalue weighted by Gasteiger charge is 2.29. The molecule has 156 valence electrons. The average Bonchev–Trinajstić information content (AvgIpc) is 3.34. The number of nitrogens with one attached hydrogen (secondary N) is 3. The number of amides is 1. The van der Waals surface area contributed by atoms with Crippen molar-refractivity contribution < 1.29 is 18.0 Å². The molecule has 0 radical (unpaired) electrons. The van der Waals surface area contributed by atoms with Crippen LogP contribution in [0.4, 0.5) is 13.2 Å². The Hall–Kier alpha value is -2.52. The Morgan fingerprint density at radius 1 is 1.34 bits per heavy atom. The summed E-state index contributed by atoms with van der Waals surface area (Å²) in [5, 5.41) is 12.0. The Bertz CT molecular complexity index is 1010. The van der Waals surface area contributed by atoms with Gasteiger partial charge in [0.05, 0.1) is 34.7 Å². The predicted octanol–water partition coefficient (Wildman–Crippen LogP) is 3.10. The number of piperidine rings is 1. The quantitative estimate of drug-likeness (QED) is 0.599. The maximum absolute atomic E-state index is 14.6. The number of halogens is 4. The van der Waals surface area contributed by atoms with Crippen LogP contribution in [0.15, 0.2) is 30.7 Å². The van der Waals surface area contributed by atoms with Crippen LogP contribution in [0.2, 0.25) is 0 Å². The van der Waals surface area contributed by atoms with Crippen molar-refractivity contribution in [3.05, 3.63) is 53.5 Å². The number of carbonyl (C=O) groups is 1. The molecule has 29 heavy (non-hydrogen) atoms. The first-order valence-electron chi connectivity index (χ1n) is 9.10. The van der Waals surface area contributed by atoms with E-state index < -0.39 is 35.8 Å². The zero-order valence-corrected chi connectivity index (χ0v) is 16.4. The summed E-state index contributed by atoms with van der Waals surface area (Å²) in [6.07, 6.45) is 3.83. The van der Waals surface area contributed by atoms with Crippen molar-refractivity contribution in [1.82, 2.24) is 25.4 Å². The molecule has 3 unspecified atom stereocenters. The summed E-state index contributed by atoms with van der Waals surface area (Å²) in [6, 6.07) is 0.952. The van der Waals surface area contributed by atoms with Gasteiger partial charge in [-0.3, -0.25) is 9.89 Å². The van der Waals surface area contributed by atoms with Gasteiger partial charge in [-0.2, -0.15) is 5.10 Å². The summed E-state index contributed by atoms with van der Waals surface area (Å²) in [4.78, 5) is 12.8. The Morgan fingerprint density at radius 2 is 2.10 bits per heavy atom. The van der Waals surface area contributed by atoms with Crippen molar-refractivity contribution in [2.75, 3.05) is 13.1 Å². The highest BCUT2D eigenvalue weighted by molar-refractivity contribution is 6.07. The maximum atomic E-state index is 14.6. The maximum Gasteiger partial charge on any atom is 0.253 e. The van der Waals surface area contributed by atoms with E-state index in [0.717, 1.165) is 17.7 Å². The highest BCUT2D eigenvalue weighted by atomic mass is 35.5. The SMILES string of the molecule is CC(c1cn[nH]c1)n1cc(C(=O)NC2CCNCC2F)c2c(F)ccc(F)c21.Cl. The van der Waals surface area contributed by atoms with Crippen LogP contribution in [0.25, 0.3) is 10.9 Å². The molecule has 0 bridgehead atoms. The lowest BCUT2D eigenvalue weighted by Crippen LogP contribution is -2.50. The minimum Gasteiger partial charge on any atom is -0.346 e. The van der Waals surface area contributed by atoms with E-state index in [2.05, 4.69) is 20.8 Å². The lowest BCUT2D eigenvalue weighted by molar-refractivity contribution is 0.0893. The third-order valence-electron chi connectivity index (χ3n) is 5.26. The zero-order chi connectivity index (χ0) is 19.8. The molecule has 3 atom stereocenters. The van der Waals surface area contributed by atoms with E-state index in [-0.39, 0.29) is 35.4 Å². The second-order valence-corrected chi connectivity index (χ2v) is 7.00. The van der Waals surface area contributed by atoms with E-state index in [1.807, 2.05) is 0 Å². The van der Waals surface area contributed by atoms with E-state index in [1.54, 1.807) is 19.3 Å². The number of aromatic nitrogens is 3. The number of fused-ring (bicyclic) bond motifs is 1. The molecule has 10 heteroatoms. The molecule has 2 aromatic heterocycles. The van der Waals surface area contributed by atoms with Gasteiger partial charge in [-0.05, 0) is 32.0 Å². The monoisotopic (exact) mass is 427 g/mol. The van der Waals surface area contributed by atoms with E-state index in [1.165, 1.54) is 10.8 Å². The van der Waals surface area contributed by atoms with Gasteiger partial charge in [0, 0.05) is 24.5 Å².